The van der Waals surface area contributed by atoms with Crippen molar-refractivity contribution in [3.05, 3.63) is 46.8 Å². The van der Waals surface area contributed by atoms with Crippen molar-refractivity contribution >= 4 is 15.8 Å². The van der Waals surface area contributed by atoms with Gasteiger partial charge in [-0.2, -0.15) is 0 Å². The molecule has 1 spiro atoms. The van der Waals surface area contributed by atoms with Gasteiger partial charge in [-0.3, -0.25) is 0 Å². The molecule has 0 radical (unpaired) electrons. The first kappa shape index (κ1) is 25.8. The summed E-state index contributed by atoms with van der Waals surface area (Å²) in [4.78, 5) is 12.7. The quantitative estimate of drug-likeness (QED) is 0.507. The molecule has 1 aromatic carbocycles. The lowest BCUT2D eigenvalue weighted by molar-refractivity contribution is -0.154. The highest BCUT2D eigenvalue weighted by Crippen LogP contribution is 2.41. The van der Waals surface area contributed by atoms with Crippen LogP contribution in [-0.2, 0) is 41.0 Å². The fraction of sp³-hybridized carbons (Fsp3) is 0.609. The Morgan fingerprint density at radius 3 is 2.42 bits per heavy atom. The fourth-order valence-electron chi connectivity index (χ4n) is 4.41. The third-order valence-corrected chi connectivity index (χ3v) is 8.01. The summed E-state index contributed by atoms with van der Waals surface area (Å²) >= 11 is 0. The van der Waals surface area contributed by atoms with Crippen LogP contribution in [0.3, 0.4) is 0 Å². The average Bonchev–Trinajstić information content (AvgIpc) is 3.12. The molecular weight excluding hydrogens is 455 g/mol. The number of aliphatic hydroxyl groups excluding tert-OH is 2. The SMILES string of the molecule is CCCc1cc(F)ccc1CS(=O)(=O)C1CCC2(C=C1C(=O)OCC)O[C@@H](CO)[C@H](CO)O2. The number of benzene rings is 1. The van der Waals surface area contributed by atoms with Gasteiger partial charge < -0.3 is 24.4 Å². The number of aliphatic hydroxyl groups is 2. The van der Waals surface area contributed by atoms with Crippen LogP contribution in [0.2, 0.25) is 0 Å². The van der Waals surface area contributed by atoms with Gasteiger partial charge in [-0.05, 0) is 49.1 Å². The summed E-state index contributed by atoms with van der Waals surface area (Å²) < 4.78 is 57.3. The van der Waals surface area contributed by atoms with Gasteiger partial charge in [-0.25, -0.2) is 17.6 Å². The molecule has 33 heavy (non-hydrogen) atoms. The summed E-state index contributed by atoms with van der Waals surface area (Å²) in [6.07, 6.45) is 1.09. The first-order valence-corrected chi connectivity index (χ1v) is 12.9. The van der Waals surface area contributed by atoms with Crippen molar-refractivity contribution < 1.29 is 42.0 Å². The Morgan fingerprint density at radius 1 is 1.18 bits per heavy atom. The molecule has 0 saturated carbocycles. The predicted octanol–water partition coefficient (Wildman–Crippen LogP) is 1.81. The van der Waals surface area contributed by atoms with E-state index in [0.29, 0.717) is 17.5 Å². The Hall–Kier alpha value is -1.85. The molecule has 3 rings (SSSR count). The van der Waals surface area contributed by atoms with Crippen LogP contribution in [0.1, 0.15) is 44.2 Å². The smallest absolute Gasteiger partial charge is 0.335 e. The zero-order chi connectivity index (χ0) is 24.2. The number of halogens is 1. The van der Waals surface area contributed by atoms with Gasteiger partial charge in [0.05, 0.1) is 36.4 Å². The minimum atomic E-state index is -3.89. The molecule has 184 valence electrons. The maximum Gasteiger partial charge on any atom is 0.335 e. The van der Waals surface area contributed by atoms with Crippen molar-refractivity contribution in [3.63, 3.8) is 0 Å². The van der Waals surface area contributed by atoms with Crippen LogP contribution < -0.4 is 0 Å². The topological polar surface area (TPSA) is 119 Å². The molecule has 1 fully saturated rings. The number of ether oxygens (including phenoxy) is 3. The number of rotatable bonds is 9. The average molecular weight is 487 g/mol. The minimum Gasteiger partial charge on any atom is -0.463 e. The van der Waals surface area contributed by atoms with Crippen molar-refractivity contribution in [2.75, 3.05) is 19.8 Å². The summed E-state index contributed by atoms with van der Waals surface area (Å²) in [5.41, 5.74) is 1.02. The molecule has 0 aromatic heterocycles. The van der Waals surface area contributed by atoms with E-state index in [0.717, 1.165) is 6.42 Å². The van der Waals surface area contributed by atoms with Crippen LogP contribution in [0, 0.1) is 5.82 Å². The summed E-state index contributed by atoms with van der Waals surface area (Å²) in [7, 11) is -3.89. The number of esters is 1. The van der Waals surface area contributed by atoms with Gasteiger partial charge in [0, 0.05) is 6.42 Å². The lowest BCUT2D eigenvalue weighted by atomic mass is 9.94. The lowest BCUT2D eigenvalue weighted by Gasteiger charge is -2.33. The maximum atomic E-state index is 13.7. The Bertz CT molecular complexity index is 978. The molecule has 0 bridgehead atoms. The third kappa shape index (κ3) is 5.63. The van der Waals surface area contributed by atoms with Gasteiger partial charge in [0.15, 0.2) is 15.6 Å². The second-order valence-electron chi connectivity index (χ2n) is 8.31. The van der Waals surface area contributed by atoms with Crippen LogP contribution in [-0.4, -0.2) is 67.7 Å². The van der Waals surface area contributed by atoms with Crippen molar-refractivity contribution in [3.8, 4) is 0 Å². The highest BCUT2D eigenvalue weighted by molar-refractivity contribution is 7.91. The maximum absolute atomic E-state index is 13.7. The molecule has 1 saturated heterocycles. The van der Waals surface area contributed by atoms with Gasteiger partial charge in [0.25, 0.3) is 0 Å². The van der Waals surface area contributed by atoms with Gasteiger partial charge in [0.2, 0.25) is 0 Å². The summed E-state index contributed by atoms with van der Waals surface area (Å²) in [6.45, 7) is 2.79. The molecule has 3 atom stereocenters. The van der Waals surface area contributed by atoms with Crippen LogP contribution in [0.5, 0.6) is 0 Å². The summed E-state index contributed by atoms with van der Waals surface area (Å²) in [5.74, 6) is -3.01. The van der Waals surface area contributed by atoms with Gasteiger partial charge >= 0.3 is 5.97 Å². The summed E-state index contributed by atoms with van der Waals surface area (Å²) in [5, 5.41) is 17.9. The van der Waals surface area contributed by atoms with E-state index in [-0.39, 0.29) is 30.8 Å². The van der Waals surface area contributed by atoms with E-state index in [1.54, 1.807) is 6.92 Å². The van der Waals surface area contributed by atoms with Crippen molar-refractivity contribution in [2.24, 2.45) is 0 Å². The second kappa shape index (κ2) is 10.6. The Morgan fingerprint density at radius 2 is 1.85 bits per heavy atom. The van der Waals surface area contributed by atoms with Gasteiger partial charge in [-0.1, -0.05) is 19.4 Å². The van der Waals surface area contributed by atoms with E-state index in [4.69, 9.17) is 14.2 Å². The zero-order valence-corrected chi connectivity index (χ0v) is 19.6. The normalized spacial score (nSPS) is 24.6. The molecule has 10 heteroatoms. The number of carbonyl (C=O) groups is 1. The van der Waals surface area contributed by atoms with Crippen LogP contribution >= 0.6 is 0 Å². The van der Waals surface area contributed by atoms with E-state index in [1.807, 2.05) is 6.92 Å². The number of aryl methyl sites for hydroxylation is 1. The van der Waals surface area contributed by atoms with Crippen LogP contribution in [0.15, 0.2) is 29.8 Å². The predicted molar refractivity (Wildman–Crippen MR) is 117 cm³/mol. The number of hydrogen-bond donors (Lipinski definition) is 2. The Labute approximate surface area is 193 Å². The van der Waals surface area contributed by atoms with E-state index in [9.17, 15) is 27.8 Å². The van der Waals surface area contributed by atoms with Gasteiger partial charge in [0.1, 0.15) is 18.0 Å². The zero-order valence-electron chi connectivity index (χ0n) is 18.8. The van der Waals surface area contributed by atoms with E-state index in [2.05, 4.69) is 0 Å². The van der Waals surface area contributed by atoms with Crippen LogP contribution in [0.4, 0.5) is 4.39 Å². The standard InChI is InChI=1S/C23H31FO8S/c1-3-5-15-10-17(24)7-6-16(15)14-33(28,29)21-8-9-23(11-18(21)22(27)30-4-2)31-19(12-25)20(13-26)32-23/h6-7,10-11,19-21,25-26H,3-5,8-9,12-14H2,1-2H3/t19-,20-,21?/m0/s1. The van der Waals surface area contributed by atoms with E-state index in [1.165, 1.54) is 24.3 Å². The first-order valence-electron chi connectivity index (χ1n) is 11.1. The van der Waals surface area contributed by atoms with E-state index >= 15 is 0 Å². The minimum absolute atomic E-state index is 0.0214. The van der Waals surface area contributed by atoms with Crippen LogP contribution in [0.25, 0.3) is 0 Å². The monoisotopic (exact) mass is 486 g/mol. The molecule has 8 nitrogen and oxygen atoms in total. The second-order valence-corrected chi connectivity index (χ2v) is 10.5. The highest BCUT2D eigenvalue weighted by Gasteiger charge is 2.51. The molecule has 1 heterocycles. The molecule has 1 aromatic rings. The summed E-state index contributed by atoms with van der Waals surface area (Å²) in [6, 6.07) is 4.04. The number of carbonyl (C=O) groups excluding carboxylic acids is 1. The van der Waals surface area contributed by atoms with Crippen molar-refractivity contribution in [1.82, 2.24) is 0 Å². The molecule has 1 unspecified atom stereocenters. The first-order chi connectivity index (χ1) is 15.7. The van der Waals surface area contributed by atoms with Crippen molar-refractivity contribution in [1.29, 1.82) is 0 Å². The lowest BCUT2D eigenvalue weighted by Crippen LogP contribution is -2.41. The number of hydrogen-bond acceptors (Lipinski definition) is 8. The molecule has 2 N–H and O–H groups in total. The Balaban J connectivity index is 1.96. The molecular formula is C23H31FO8S. The molecule has 1 aliphatic heterocycles. The third-order valence-electron chi connectivity index (χ3n) is 5.94. The molecule has 1 aliphatic carbocycles. The molecule has 2 aliphatic rings. The largest absolute Gasteiger partial charge is 0.463 e. The van der Waals surface area contributed by atoms with Crippen molar-refractivity contribution in [2.45, 2.75) is 68.5 Å². The fourth-order valence-corrected chi connectivity index (χ4v) is 6.35. The van der Waals surface area contributed by atoms with E-state index < -0.39 is 58.1 Å². The molecule has 0 amide bonds. The number of sulfone groups is 1. The van der Waals surface area contributed by atoms with Gasteiger partial charge in [-0.15, -0.1) is 0 Å². The Kier molecular flexibility index (Phi) is 8.28. The highest BCUT2D eigenvalue weighted by atomic mass is 32.2.